The second-order valence-corrected chi connectivity index (χ2v) is 2.74. The molecule has 2 heterocycles. The third kappa shape index (κ3) is 1.17. The summed E-state index contributed by atoms with van der Waals surface area (Å²) in [4.78, 5) is 17.2. The van der Waals surface area contributed by atoms with Gasteiger partial charge in [0.25, 0.3) is 0 Å². The molecule has 0 aliphatic rings. The number of carbonyl (C=O) groups is 1. The van der Waals surface area contributed by atoms with E-state index in [0.29, 0.717) is 17.0 Å². The first kappa shape index (κ1) is 8.49. The van der Waals surface area contributed by atoms with Crippen molar-refractivity contribution in [3.63, 3.8) is 0 Å². The number of nitrogens with zero attached hydrogens (tertiary/aromatic N) is 2. The largest absolute Gasteiger partial charge is 0.477 e. The van der Waals surface area contributed by atoms with E-state index in [-0.39, 0.29) is 5.69 Å². The third-order valence-corrected chi connectivity index (χ3v) is 1.86. The molecule has 0 aromatic carbocycles. The highest BCUT2D eigenvalue weighted by atomic mass is 16.5. The molecule has 0 aliphatic carbocycles. The zero-order valence-electron chi connectivity index (χ0n) is 7.31. The first-order valence-electron chi connectivity index (χ1n) is 3.88. The Morgan fingerprint density at radius 1 is 1.64 bits per heavy atom. The molecule has 0 saturated carbocycles. The predicted octanol–water partition coefficient (Wildman–Crippen LogP) is 1.07. The number of rotatable bonds is 2. The molecule has 0 radical (unpaired) electrons. The Bertz CT molecular complexity index is 472. The first-order valence-corrected chi connectivity index (χ1v) is 3.88. The molecule has 6 heteroatoms. The van der Waals surface area contributed by atoms with Gasteiger partial charge in [-0.2, -0.15) is 0 Å². The van der Waals surface area contributed by atoms with Crippen LogP contribution in [0.3, 0.4) is 0 Å². The number of aromatic carboxylic acids is 1. The van der Waals surface area contributed by atoms with Crippen molar-refractivity contribution < 1.29 is 14.4 Å². The zero-order valence-corrected chi connectivity index (χ0v) is 7.31. The summed E-state index contributed by atoms with van der Waals surface area (Å²) in [6.45, 7) is 1.72. The standard InChI is InChI=1S/C8H7N3O3/c1-4-5(2-14-11-4)6-7(8(12)13)10-3-9-6/h2-3H,1H3,(H,9,10)(H,12,13). The van der Waals surface area contributed by atoms with Crippen LogP contribution in [0.25, 0.3) is 11.3 Å². The lowest BCUT2D eigenvalue weighted by atomic mass is 10.1. The number of nitrogens with one attached hydrogen (secondary N) is 1. The number of aromatic amines is 1. The number of imidazole rings is 1. The van der Waals surface area contributed by atoms with Gasteiger partial charge < -0.3 is 14.6 Å². The fraction of sp³-hybridized carbons (Fsp3) is 0.125. The third-order valence-electron chi connectivity index (χ3n) is 1.86. The molecule has 0 fully saturated rings. The Balaban J connectivity index is 2.57. The van der Waals surface area contributed by atoms with E-state index >= 15 is 0 Å². The molecule has 0 atom stereocenters. The van der Waals surface area contributed by atoms with Gasteiger partial charge in [0.2, 0.25) is 0 Å². The Labute approximate surface area is 78.6 Å². The number of aromatic nitrogens is 3. The van der Waals surface area contributed by atoms with Crippen molar-refractivity contribution in [1.29, 1.82) is 0 Å². The maximum Gasteiger partial charge on any atom is 0.354 e. The summed E-state index contributed by atoms with van der Waals surface area (Å²) < 4.78 is 4.71. The summed E-state index contributed by atoms with van der Waals surface area (Å²) in [7, 11) is 0. The quantitative estimate of drug-likeness (QED) is 0.744. The predicted molar refractivity (Wildman–Crippen MR) is 45.8 cm³/mol. The summed E-state index contributed by atoms with van der Waals surface area (Å²) in [5.74, 6) is -1.06. The summed E-state index contributed by atoms with van der Waals surface area (Å²) >= 11 is 0. The van der Waals surface area contributed by atoms with Crippen molar-refractivity contribution in [3.8, 4) is 11.3 Å². The van der Waals surface area contributed by atoms with Crippen LogP contribution in [0.15, 0.2) is 17.1 Å². The second-order valence-electron chi connectivity index (χ2n) is 2.74. The van der Waals surface area contributed by atoms with Gasteiger partial charge in [-0.15, -0.1) is 0 Å². The molecule has 0 amide bonds. The van der Waals surface area contributed by atoms with Crippen LogP contribution in [0.1, 0.15) is 16.2 Å². The number of carboxylic acid groups (broad SMARTS) is 1. The van der Waals surface area contributed by atoms with Crippen molar-refractivity contribution in [2.75, 3.05) is 0 Å². The minimum absolute atomic E-state index is 0.0382. The van der Waals surface area contributed by atoms with Gasteiger partial charge >= 0.3 is 5.97 Å². The van der Waals surface area contributed by atoms with Gasteiger partial charge in [-0.1, -0.05) is 5.16 Å². The van der Waals surface area contributed by atoms with Crippen LogP contribution in [-0.4, -0.2) is 26.2 Å². The van der Waals surface area contributed by atoms with Crippen LogP contribution in [0.4, 0.5) is 0 Å². The van der Waals surface area contributed by atoms with Gasteiger partial charge in [0, 0.05) is 0 Å². The molecule has 6 nitrogen and oxygen atoms in total. The van der Waals surface area contributed by atoms with E-state index in [0.717, 1.165) is 0 Å². The van der Waals surface area contributed by atoms with Crippen molar-refractivity contribution in [1.82, 2.24) is 15.1 Å². The van der Waals surface area contributed by atoms with Crippen LogP contribution in [-0.2, 0) is 0 Å². The van der Waals surface area contributed by atoms with Crippen LogP contribution in [0.2, 0.25) is 0 Å². The highest BCUT2D eigenvalue weighted by Gasteiger charge is 2.17. The number of carboxylic acids is 1. The number of hydrogen-bond donors (Lipinski definition) is 2. The van der Waals surface area contributed by atoms with Crippen LogP contribution in [0, 0.1) is 6.92 Å². The van der Waals surface area contributed by atoms with Gasteiger partial charge in [0.05, 0.1) is 17.6 Å². The van der Waals surface area contributed by atoms with Crippen LogP contribution in [0.5, 0.6) is 0 Å². The Morgan fingerprint density at radius 2 is 2.43 bits per heavy atom. The molecule has 14 heavy (non-hydrogen) atoms. The van der Waals surface area contributed by atoms with E-state index in [4.69, 9.17) is 9.63 Å². The first-order chi connectivity index (χ1) is 6.70. The maximum atomic E-state index is 10.8. The molecule has 2 N–H and O–H groups in total. The van der Waals surface area contributed by atoms with Gasteiger partial charge in [-0.25, -0.2) is 9.78 Å². The van der Waals surface area contributed by atoms with E-state index < -0.39 is 5.97 Å². The average Bonchev–Trinajstić information content (AvgIpc) is 2.70. The smallest absolute Gasteiger partial charge is 0.354 e. The van der Waals surface area contributed by atoms with Crippen molar-refractivity contribution in [2.24, 2.45) is 0 Å². The normalized spacial score (nSPS) is 10.4. The Hall–Kier alpha value is -2.11. The molecule has 2 aromatic rings. The van der Waals surface area contributed by atoms with Crippen LogP contribution >= 0.6 is 0 Å². The van der Waals surface area contributed by atoms with Gasteiger partial charge in [0.15, 0.2) is 5.69 Å². The van der Waals surface area contributed by atoms with E-state index in [1.54, 1.807) is 6.92 Å². The molecule has 0 saturated heterocycles. The van der Waals surface area contributed by atoms with Crippen LogP contribution < -0.4 is 0 Å². The number of aryl methyl sites for hydroxylation is 1. The summed E-state index contributed by atoms with van der Waals surface area (Å²) in [5, 5.41) is 12.5. The fourth-order valence-electron chi connectivity index (χ4n) is 1.18. The lowest BCUT2D eigenvalue weighted by Crippen LogP contribution is -1.99. The molecule has 0 aliphatic heterocycles. The molecule has 2 aromatic heterocycles. The van der Waals surface area contributed by atoms with Crippen molar-refractivity contribution >= 4 is 5.97 Å². The molecule has 0 bridgehead atoms. The molecular weight excluding hydrogens is 186 g/mol. The summed E-state index contributed by atoms with van der Waals surface area (Å²) in [6.07, 6.45) is 2.70. The highest BCUT2D eigenvalue weighted by Crippen LogP contribution is 2.22. The highest BCUT2D eigenvalue weighted by molar-refractivity contribution is 5.92. The maximum absolute atomic E-state index is 10.8. The lowest BCUT2D eigenvalue weighted by molar-refractivity contribution is 0.0692. The molecule has 0 unspecified atom stereocenters. The number of H-pyrrole nitrogens is 1. The minimum atomic E-state index is -1.06. The number of hydrogen-bond acceptors (Lipinski definition) is 4. The lowest BCUT2D eigenvalue weighted by Gasteiger charge is -1.93. The van der Waals surface area contributed by atoms with Crippen molar-refractivity contribution in [2.45, 2.75) is 6.92 Å². The van der Waals surface area contributed by atoms with E-state index in [9.17, 15) is 4.79 Å². The average molecular weight is 193 g/mol. The second kappa shape index (κ2) is 2.99. The fourth-order valence-corrected chi connectivity index (χ4v) is 1.18. The minimum Gasteiger partial charge on any atom is -0.477 e. The molecule has 72 valence electrons. The Kier molecular flexibility index (Phi) is 1.81. The summed E-state index contributed by atoms with van der Waals surface area (Å²) in [5.41, 5.74) is 1.58. The topological polar surface area (TPSA) is 92.0 Å². The van der Waals surface area contributed by atoms with Gasteiger partial charge in [0.1, 0.15) is 12.0 Å². The van der Waals surface area contributed by atoms with Gasteiger partial charge in [-0.3, -0.25) is 0 Å². The SMILES string of the molecule is Cc1nocc1-c1nc[nH]c1C(=O)O. The van der Waals surface area contributed by atoms with E-state index in [1.807, 2.05) is 0 Å². The molecule has 2 rings (SSSR count). The zero-order chi connectivity index (χ0) is 10.1. The molecular formula is C8H7N3O3. The van der Waals surface area contributed by atoms with Crippen molar-refractivity contribution in [3.05, 3.63) is 24.0 Å². The molecule has 0 spiro atoms. The Morgan fingerprint density at radius 3 is 3.00 bits per heavy atom. The van der Waals surface area contributed by atoms with Gasteiger partial charge in [-0.05, 0) is 6.92 Å². The van der Waals surface area contributed by atoms with E-state index in [2.05, 4.69) is 15.1 Å². The monoisotopic (exact) mass is 193 g/mol. The van der Waals surface area contributed by atoms with E-state index in [1.165, 1.54) is 12.6 Å². The summed E-state index contributed by atoms with van der Waals surface area (Å²) in [6, 6.07) is 0.